The molecule has 0 aliphatic carbocycles. The molecule has 1 aliphatic heterocycles. The summed E-state index contributed by atoms with van der Waals surface area (Å²) in [7, 11) is 1.66. The molecule has 132 valence electrons. The van der Waals surface area contributed by atoms with Crippen LogP contribution in [0.3, 0.4) is 0 Å². The molecule has 1 fully saturated rings. The van der Waals surface area contributed by atoms with Crippen molar-refractivity contribution in [1.82, 2.24) is 14.9 Å². The number of amides is 1. The van der Waals surface area contributed by atoms with E-state index >= 15 is 0 Å². The van der Waals surface area contributed by atoms with E-state index in [9.17, 15) is 4.79 Å². The van der Waals surface area contributed by atoms with Crippen LogP contribution < -0.4 is 10.1 Å². The van der Waals surface area contributed by atoms with Gasteiger partial charge in [-0.25, -0.2) is 9.97 Å². The van der Waals surface area contributed by atoms with E-state index in [-0.39, 0.29) is 5.91 Å². The van der Waals surface area contributed by atoms with E-state index < -0.39 is 0 Å². The molecule has 1 amide bonds. The zero-order valence-electron chi connectivity index (χ0n) is 14.3. The molecular weight excluding hydrogens is 320 g/mol. The molecule has 2 aromatic rings. The number of carbonyl (C=O) groups excluding carboxylic acids is 1. The average molecular weight is 342 g/mol. The third kappa shape index (κ3) is 4.67. The smallest absolute Gasteiger partial charge is 0.274 e. The van der Waals surface area contributed by atoms with Gasteiger partial charge in [0.05, 0.1) is 32.7 Å². The molecular formula is C18H22N4O3. The maximum absolute atomic E-state index is 12.3. The maximum Gasteiger partial charge on any atom is 0.274 e. The molecule has 1 N–H and O–H groups in total. The number of nitrogens with one attached hydrogen (secondary N) is 1. The minimum atomic E-state index is -0.0967. The Hall–Kier alpha value is -2.67. The van der Waals surface area contributed by atoms with Gasteiger partial charge in [0.2, 0.25) is 0 Å². The molecule has 0 bridgehead atoms. The lowest BCUT2D eigenvalue weighted by molar-refractivity contribution is 0.0298. The van der Waals surface area contributed by atoms with Crippen LogP contribution in [0.2, 0.25) is 0 Å². The number of hydrogen-bond acceptors (Lipinski definition) is 6. The summed E-state index contributed by atoms with van der Waals surface area (Å²) in [6.45, 7) is 3.08. The number of anilines is 1. The van der Waals surface area contributed by atoms with E-state index in [4.69, 9.17) is 9.47 Å². The number of hydrogen-bond donors (Lipinski definition) is 1. The number of nitrogens with zero attached hydrogens (tertiary/aromatic N) is 3. The minimum absolute atomic E-state index is 0.0967. The van der Waals surface area contributed by atoms with Crippen molar-refractivity contribution in [1.29, 1.82) is 0 Å². The highest BCUT2D eigenvalue weighted by Crippen LogP contribution is 2.12. The molecule has 1 saturated heterocycles. The predicted molar refractivity (Wildman–Crippen MR) is 93.9 cm³/mol. The van der Waals surface area contributed by atoms with Crippen LogP contribution >= 0.6 is 0 Å². The van der Waals surface area contributed by atoms with Crippen molar-refractivity contribution in [3.63, 3.8) is 0 Å². The fraction of sp³-hybridized carbons (Fsp3) is 0.389. The van der Waals surface area contributed by atoms with Gasteiger partial charge in [-0.2, -0.15) is 0 Å². The summed E-state index contributed by atoms with van der Waals surface area (Å²) in [5.74, 6) is 1.41. The summed E-state index contributed by atoms with van der Waals surface area (Å²) in [4.78, 5) is 22.5. The highest BCUT2D eigenvalue weighted by molar-refractivity contribution is 5.92. The van der Waals surface area contributed by atoms with E-state index in [0.717, 1.165) is 18.7 Å². The Balaban J connectivity index is 1.49. The lowest BCUT2D eigenvalue weighted by atomic mass is 10.1. The zero-order chi connectivity index (χ0) is 17.5. The first-order valence-corrected chi connectivity index (χ1v) is 8.32. The predicted octanol–water partition coefficient (Wildman–Crippen LogP) is 1.61. The molecule has 0 saturated carbocycles. The first kappa shape index (κ1) is 17.2. The molecule has 1 aliphatic rings. The third-order valence-corrected chi connectivity index (χ3v) is 4.05. The van der Waals surface area contributed by atoms with Crippen molar-refractivity contribution in [2.24, 2.45) is 0 Å². The molecule has 7 nitrogen and oxygen atoms in total. The summed E-state index contributed by atoms with van der Waals surface area (Å²) in [6.07, 6.45) is 3.98. The van der Waals surface area contributed by atoms with Gasteiger partial charge >= 0.3 is 0 Å². The molecule has 0 atom stereocenters. The lowest BCUT2D eigenvalue weighted by Crippen LogP contribution is -2.41. The van der Waals surface area contributed by atoms with Crippen LogP contribution in [0.15, 0.2) is 36.7 Å². The second-order valence-electron chi connectivity index (χ2n) is 5.72. The van der Waals surface area contributed by atoms with Gasteiger partial charge < -0.3 is 19.7 Å². The van der Waals surface area contributed by atoms with Gasteiger partial charge in [0.15, 0.2) is 0 Å². The molecule has 0 spiro atoms. The number of benzene rings is 1. The number of aromatic nitrogens is 2. The van der Waals surface area contributed by atoms with Crippen LogP contribution in [0.1, 0.15) is 16.1 Å². The number of morpholine rings is 1. The fourth-order valence-corrected chi connectivity index (χ4v) is 2.59. The monoisotopic (exact) mass is 342 g/mol. The minimum Gasteiger partial charge on any atom is -0.497 e. The molecule has 7 heteroatoms. The van der Waals surface area contributed by atoms with Gasteiger partial charge in [-0.1, -0.05) is 12.1 Å². The number of ether oxygens (including phenoxy) is 2. The molecule has 0 radical (unpaired) electrons. The van der Waals surface area contributed by atoms with Gasteiger partial charge in [-0.05, 0) is 24.1 Å². The highest BCUT2D eigenvalue weighted by Gasteiger charge is 2.19. The SMILES string of the molecule is COc1ccc(CCNc2cnc(C(=O)N3CCOCC3)cn2)cc1. The fourth-order valence-electron chi connectivity index (χ4n) is 2.59. The first-order chi connectivity index (χ1) is 12.3. The van der Waals surface area contributed by atoms with E-state index in [0.29, 0.717) is 37.8 Å². The highest BCUT2D eigenvalue weighted by atomic mass is 16.5. The number of rotatable bonds is 6. The average Bonchev–Trinajstić information content (AvgIpc) is 2.69. The topological polar surface area (TPSA) is 76.6 Å². The van der Waals surface area contributed by atoms with Crippen LogP contribution in [0.25, 0.3) is 0 Å². The van der Waals surface area contributed by atoms with Crippen molar-refractivity contribution in [2.75, 3.05) is 45.3 Å². The molecule has 1 aromatic carbocycles. The van der Waals surface area contributed by atoms with Crippen LogP contribution in [0, 0.1) is 0 Å². The Morgan fingerprint density at radius 3 is 2.60 bits per heavy atom. The van der Waals surface area contributed by atoms with Crippen molar-refractivity contribution in [3.05, 3.63) is 47.9 Å². The Morgan fingerprint density at radius 1 is 1.20 bits per heavy atom. The second kappa shape index (κ2) is 8.43. The van der Waals surface area contributed by atoms with E-state index in [1.807, 2.05) is 24.3 Å². The molecule has 0 unspecified atom stereocenters. The normalized spacial score (nSPS) is 14.2. The molecule has 3 rings (SSSR count). The summed E-state index contributed by atoms with van der Waals surface area (Å²) in [5, 5.41) is 3.22. The van der Waals surface area contributed by atoms with Gasteiger partial charge in [0.1, 0.15) is 17.3 Å². The van der Waals surface area contributed by atoms with Crippen LogP contribution in [0.4, 0.5) is 5.82 Å². The summed E-state index contributed by atoms with van der Waals surface area (Å²) in [6, 6.07) is 7.97. The molecule has 25 heavy (non-hydrogen) atoms. The second-order valence-corrected chi connectivity index (χ2v) is 5.72. The number of methoxy groups -OCH3 is 1. The largest absolute Gasteiger partial charge is 0.497 e. The molecule has 2 heterocycles. The summed E-state index contributed by atoms with van der Waals surface area (Å²) in [5.41, 5.74) is 1.57. The number of carbonyl (C=O) groups is 1. The van der Waals surface area contributed by atoms with Crippen LogP contribution in [-0.4, -0.2) is 60.7 Å². The van der Waals surface area contributed by atoms with Crippen molar-refractivity contribution >= 4 is 11.7 Å². The van der Waals surface area contributed by atoms with Gasteiger partial charge in [0, 0.05) is 19.6 Å². The van der Waals surface area contributed by atoms with Gasteiger partial charge in [0.25, 0.3) is 5.91 Å². The Bertz CT molecular complexity index is 682. The van der Waals surface area contributed by atoms with Crippen LogP contribution in [0.5, 0.6) is 5.75 Å². The lowest BCUT2D eigenvalue weighted by Gasteiger charge is -2.26. The third-order valence-electron chi connectivity index (χ3n) is 4.05. The van der Waals surface area contributed by atoms with Crippen molar-refractivity contribution in [2.45, 2.75) is 6.42 Å². The van der Waals surface area contributed by atoms with Gasteiger partial charge in [-0.3, -0.25) is 4.79 Å². The quantitative estimate of drug-likeness (QED) is 0.859. The van der Waals surface area contributed by atoms with E-state index in [2.05, 4.69) is 15.3 Å². The Kier molecular flexibility index (Phi) is 5.79. The van der Waals surface area contributed by atoms with Gasteiger partial charge in [-0.15, -0.1) is 0 Å². The van der Waals surface area contributed by atoms with Crippen molar-refractivity contribution in [3.8, 4) is 5.75 Å². The summed E-state index contributed by atoms with van der Waals surface area (Å²) >= 11 is 0. The van der Waals surface area contributed by atoms with Crippen molar-refractivity contribution < 1.29 is 14.3 Å². The van der Waals surface area contributed by atoms with E-state index in [1.54, 1.807) is 18.2 Å². The van der Waals surface area contributed by atoms with Crippen LogP contribution in [-0.2, 0) is 11.2 Å². The molecule has 1 aromatic heterocycles. The Labute approximate surface area is 147 Å². The Morgan fingerprint density at radius 2 is 1.96 bits per heavy atom. The zero-order valence-corrected chi connectivity index (χ0v) is 14.3. The standard InChI is InChI=1S/C18H22N4O3/c1-24-15-4-2-14(3-5-15)6-7-19-17-13-20-16(12-21-17)18(23)22-8-10-25-11-9-22/h2-5,12-13H,6-11H2,1H3,(H,19,21). The maximum atomic E-state index is 12.3. The summed E-state index contributed by atoms with van der Waals surface area (Å²) < 4.78 is 10.4. The first-order valence-electron chi connectivity index (χ1n) is 8.32. The van der Waals surface area contributed by atoms with E-state index in [1.165, 1.54) is 11.8 Å².